The number of nitrogens with two attached hydrogens (primary N) is 8. The zero-order valence-electron chi connectivity index (χ0n) is 69.4. The first-order valence-electron chi connectivity index (χ1n) is 39.3. The predicted molar refractivity (Wildman–Crippen MR) is 427 cm³/mol. The standard InChI is InChI=1S/C75H125N21O23/c1-33(2)29-35(5)57(102)38(8)62(106)88-45(31-51(77)100)64(108)86-43(17-15-26-84-74(80)81)58(103)59(104)70(114)91-53(36(6)37(7)61(79)105)66(110)93-55-40(10)119-73(117)49-19-13-14-28-96(49)72(116)47(32-52(78)101)90-69(113)56(60(118-12)41-20-22-42(98)23-21-41)94-65(109)48(24-25-50(76)99)95(11)71(115)46(30-34(3)4)89-63(107)44(18-16-27-85-75(82)83)87-67(111)54(39(9)97)92-68(55)112/h20-23,33-40,43-49,53-60,97-98,102-104H,13-19,24-32H2,1-12H3,(H2,76,99)(H2,77,100)(H2,78,101)(H2,79,105)(H,86,108)(H,87,111)(H,88,106)(H,89,107)(H,90,113)(H,91,114)(H,92,112)(H,93,110)(H,94,109)(H4,80,81,84)(H4,82,83,85)/t35?,36-,37+,38?,39+,40+,43-,44+,45-,46-,47+,48-,49-,53-,54+,55+,56?,57?,58?,59?,60?/m0/s1. The number of rotatable bonds is 38. The van der Waals surface area contributed by atoms with Crippen LogP contribution in [0.25, 0.3) is 0 Å². The number of ether oxygens (including phenoxy) is 2. The van der Waals surface area contributed by atoms with Gasteiger partial charge in [0.1, 0.15) is 84.5 Å². The monoisotopic (exact) mass is 1690 g/mol. The summed E-state index contributed by atoms with van der Waals surface area (Å²) in [6.45, 7) is 14.0. The molecule has 0 aliphatic carbocycles. The molecular weight excluding hydrogens is 1560 g/mol. The fraction of sp³-hybridized carbons (Fsp3) is 0.680. The normalized spacial score (nSPS) is 23.3. The number of aliphatic imine (C=N–C) groups is 2. The number of benzene rings is 1. The lowest BCUT2D eigenvalue weighted by Gasteiger charge is -2.38. The molecule has 0 bridgehead atoms. The minimum atomic E-state index is -2.71. The summed E-state index contributed by atoms with van der Waals surface area (Å²) in [5.41, 5.74) is 45.0. The number of phenols is 1. The highest BCUT2D eigenvalue weighted by Crippen LogP contribution is 2.28. The van der Waals surface area contributed by atoms with Crippen LogP contribution in [0.4, 0.5) is 0 Å². The van der Waals surface area contributed by atoms with Crippen molar-refractivity contribution in [3.63, 3.8) is 0 Å². The maximum atomic E-state index is 15.4. The summed E-state index contributed by atoms with van der Waals surface area (Å²) < 4.78 is 11.8. The summed E-state index contributed by atoms with van der Waals surface area (Å²) in [6.07, 6.45) is -15.5. The van der Waals surface area contributed by atoms with Crippen LogP contribution in [0.1, 0.15) is 164 Å². The van der Waals surface area contributed by atoms with E-state index < -0.39 is 259 Å². The van der Waals surface area contributed by atoms with Gasteiger partial charge < -0.3 is 139 Å². The van der Waals surface area contributed by atoms with Crippen LogP contribution in [0.15, 0.2) is 34.3 Å². The number of aliphatic hydroxyl groups excluding tert-OH is 4. The first-order valence-corrected chi connectivity index (χ1v) is 39.3. The average Bonchev–Trinajstić information content (AvgIpc) is 0.995. The van der Waals surface area contributed by atoms with Gasteiger partial charge in [-0.3, -0.25) is 81.9 Å². The smallest absolute Gasteiger partial charge is 0.329 e. The van der Waals surface area contributed by atoms with Crippen LogP contribution in [0.2, 0.25) is 0 Å². The molecule has 1 aromatic rings. The van der Waals surface area contributed by atoms with Crippen molar-refractivity contribution in [2.24, 2.45) is 91.4 Å². The van der Waals surface area contributed by atoms with Gasteiger partial charge in [-0.15, -0.1) is 0 Å². The van der Waals surface area contributed by atoms with E-state index >= 15 is 33.6 Å². The lowest BCUT2D eigenvalue weighted by Crippen LogP contribution is -2.65. The van der Waals surface area contributed by atoms with Gasteiger partial charge in [0.05, 0.1) is 37.0 Å². The molecule has 2 heterocycles. The van der Waals surface area contributed by atoms with E-state index in [0.29, 0.717) is 6.42 Å². The molecule has 2 saturated heterocycles. The van der Waals surface area contributed by atoms with Crippen LogP contribution in [0, 0.1) is 35.5 Å². The number of cyclic esters (lactones) is 1. The van der Waals surface area contributed by atoms with Gasteiger partial charge in [0.2, 0.25) is 82.7 Å². The van der Waals surface area contributed by atoms with Gasteiger partial charge in [-0.25, -0.2) is 4.79 Å². The van der Waals surface area contributed by atoms with Gasteiger partial charge in [0.25, 0.3) is 5.91 Å². The number of nitrogens with zero attached hydrogens (tertiary/aromatic N) is 4. The molecule has 2 fully saturated rings. The molecule has 0 saturated carbocycles. The molecule has 3 rings (SSSR count). The molecule has 1 aromatic carbocycles. The van der Waals surface area contributed by atoms with Crippen LogP contribution < -0.4 is 93.7 Å². The second kappa shape index (κ2) is 48.7. The van der Waals surface area contributed by atoms with Crippen LogP contribution in [-0.4, -0.2) is 273 Å². The maximum Gasteiger partial charge on any atom is 0.329 e. The Hall–Kier alpha value is -11.1. The van der Waals surface area contributed by atoms with E-state index in [1.54, 1.807) is 20.8 Å². The largest absolute Gasteiger partial charge is 0.508 e. The lowest BCUT2D eigenvalue weighted by molar-refractivity contribution is -0.164. The molecule has 30 N–H and O–H groups in total. The fourth-order valence-corrected chi connectivity index (χ4v) is 13.7. The number of primary amides is 4. The van der Waals surface area contributed by atoms with Gasteiger partial charge >= 0.3 is 5.97 Å². The Morgan fingerprint density at radius 3 is 1.74 bits per heavy atom. The van der Waals surface area contributed by atoms with Gasteiger partial charge in [-0.2, -0.15) is 0 Å². The number of carbonyl (C=O) groups excluding carboxylic acids is 16. The topological polar surface area (TPSA) is 740 Å². The van der Waals surface area contributed by atoms with Crippen molar-refractivity contribution in [2.45, 2.75) is 256 Å². The number of nitrogens with one attached hydrogen (secondary N) is 9. The highest BCUT2D eigenvalue weighted by Gasteiger charge is 2.47. The number of aliphatic hydroxyl groups is 4. The SMILES string of the molecule is COC(c1ccc(O)cc1)C1NC(=O)[C@H](CCC(N)=O)N(C)C(=O)[C@H](CC(C)C)NC(=O)[C@@H](CCCN=C(N)N)NC(=O)[C@@H]([C@@H](C)O)NC(=O)[C@H](NC(=O)[C@@H](NC(=O)C(O)C(O)[C@H](CCCN=C(N)N)NC(=O)[C@H](CC(N)=O)NC(=O)C(C)C(O)C(C)CC(C)C)[C@@H](C)[C@@H](C)C(N)=O)[C@@H](C)OC(=O)[C@@H]2CCCCN2C(=O)[C@@H](CC(N)=O)NC1=O. The Morgan fingerprint density at radius 1 is 0.613 bits per heavy atom. The average molecular weight is 1690 g/mol. The van der Waals surface area contributed by atoms with Crippen molar-refractivity contribution >= 4 is 106 Å². The Balaban J connectivity index is 2.43. The number of hydrogen-bond donors (Lipinski definition) is 22. The van der Waals surface area contributed by atoms with Crippen molar-refractivity contribution in [1.82, 2.24) is 57.7 Å². The van der Waals surface area contributed by atoms with Crippen molar-refractivity contribution in [3.05, 3.63) is 29.8 Å². The first kappa shape index (κ1) is 102. The lowest BCUT2D eigenvalue weighted by atomic mass is 9.87. The summed E-state index contributed by atoms with van der Waals surface area (Å²) in [7, 11) is 2.25. The maximum absolute atomic E-state index is 15.4. The van der Waals surface area contributed by atoms with E-state index in [-0.39, 0.29) is 93.7 Å². The Kier molecular flexibility index (Phi) is 41.8. The molecule has 119 heavy (non-hydrogen) atoms. The number of guanidine groups is 2. The number of phenolic OH excluding ortho intramolecular Hbond substituents is 1. The van der Waals surface area contributed by atoms with Gasteiger partial charge in [-0.1, -0.05) is 67.5 Å². The molecule has 0 aromatic heterocycles. The minimum Gasteiger partial charge on any atom is -0.508 e. The molecule has 0 spiro atoms. The van der Waals surface area contributed by atoms with Crippen molar-refractivity contribution in [1.29, 1.82) is 0 Å². The molecule has 15 amide bonds. The second-order valence-corrected chi connectivity index (χ2v) is 31.2. The number of fused-ring (bicyclic) bond motifs is 1. The third-order valence-electron chi connectivity index (χ3n) is 20.6. The Morgan fingerprint density at radius 2 is 1.19 bits per heavy atom. The van der Waals surface area contributed by atoms with Gasteiger partial charge in [0, 0.05) is 46.1 Å². The van der Waals surface area contributed by atoms with E-state index in [4.69, 9.17) is 55.3 Å². The second-order valence-electron chi connectivity index (χ2n) is 31.2. The van der Waals surface area contributed by atoms with E-state index in [1.165, 1.54) is 45.0 Å². The minimum absolute atomic E-state index is 0.0999. The summed E-state index contributed by atoms with van der Waals surface area (Å²) in [4.78, 5) is 239. The number of carbonyl (C=O) groups is 16. The third kappa shape index (κ3) is 32.3. The number of esters is 1. The first-order chi connectivity index (χ1) is 55.5. The number of methoxy groups -OCH3 is 1. The van der Waals surface area contributed by atoms with E-state index in [9.17, 15) is 68.7 Å². The predicted octanol–water partition coefficient (Wildman–Crippen LogP) is -7.69. The highest BCUT2D eigenvalue weighted by molar-refractivity contribution is 6.01. The van der Waals surface area contributed by atoms with Crippen LogP contribution in [0.3, 0.4) is 0 Å². The fourth-order valence-electron chi connectivity index (χ4n) is 13.7. The zero-order chi connectivity index (χ0) is 90.3. The summed E-state index contributed by atoms with van der Waals surface area (Å²) in [5, 5.41) is 78.3. The van der Waals surface area contributed by atoms with Crippen LogP contribution >= 0.6 is 0 Å². The van der Waals surface area contributed by atoms with E-state index in [0.717, 1.165) is 37.8 Å². The highest BCUT2D eigenvalue weighted by atomic mass is 16.5. The summed E-state index contributed by atoms with van der Waals surface area (Å²) in [5.74, 6) is -25.4. The van der Waals surface area contributed by atoms with Crippen LogP contribution in [0.5, 0.6) is 5.75 Å². The molecule has 2 aliphatic heterocycles. The van der Waals surface area contributed by atoms with Crippen molar-refractivity contribution in [2.75, 3.05) is 33.8 Å². The molecule has 668 valence electrons. The Labute approximate surface area is 689 Å². The third-order valence-corrected chi connectivity index (χ3v) is 20.6. The number of amides is 15. The molecule has 21 atom stereocenters. The van der Waals surface area contributed by atoms with E-state index in [1.807, 2.05) is 13.8 Å². The molecular formula is C75H125N21O23. The number of aromatic hydroxyl groups is 1. The molecule has 7 unspecified atom stereocenters. The van der Waals surface area contributed by atoms with Crippen molar-refractivity contribution < 1.29 is 112 Å². The molecule has 44 nitrogen and oxygen atoms in total. The number of piperidine rings is 1. The number of hydrogen-bond acceptors (Lipinski definition) is 25. The van der Waals surface area contributed by atoms with Gasteiger partial charge in [0.15, 0.2) is 18.0 Å². The number of likely N-dealkylation sites (N-methyl/N-ethyl adjacent to an activating group) is 1. The molecule has 0 radical (unpaired) electrons. The Bertz CT molecular complexity index is 3750. The zero-order valence-corrected chi connectivity index (χ0v) is 69.4. The molecule has 2 aliphatic rings. The van der Waals surface area contributed by atoms with Crippen molar-refractivity contribution in [3.8, 4) is 5.75 Å². The molecule has 44 heteroatoms. The summed E-state index contributed by atoms with van der Waals surface area (Å²) in [6, 6.07) is -16.1. The van der Waals surface area contributed by atoms with Crippen LogP contribution in [-0.2, 0) is 86.2 Å². The quantitative estimate of drug-likeness (QED) is 0.0127. The van der Waals surface area contributed by atoms with Gasteiger partial charge in [-0.05, 0) is 119 Å². The summed E-state index contributed by atoms with van der Waals surface area (Å²) >= 11 is 0. The van der Waals surface area contributed by atoms with E-state index in [2.05, 4.69) is 57.8 Å².